The molecule has 0 aliphatic carbocycles. The van der Waals surface area contributed by atoms with Gasteiger partial charge in [-0.05, 0) is 67.6 Å². The molecule has 2 amide bonds. The van der Waals surface area contributed by atoms with E-state index in [1.165, 1.54) is 23.5 Å². The highest BCUT2D eigenvalue weighted by atomic mass is 32.2. The monoisotopic (exact) mass is 517 g/mol. The van der Waals surface area contributed by atoms with Crippen LogP contribution >= 0.6 is 0 Å². The van der Waals surface area contributed by atoms with Gasteiger partial charge in [-0.3, -0.25) is 9.59 Å². The van der Waals surface area contributed by atoms with Crippen LogP contribution in [-0.2, 0) is 14.8 Å². The van der Waals surface area contributed by atoms with Gasteiger partial charge in [0.1, 0.15) is 11.8 Å². The van der Waals surface area contributed by atoms with Crippen LogP contribution in [0.25, 0.3) is 0 Å². The molecular formula is C25H31N3O7S. The van der Waals surface area contributed by atoms with Gasteiger partial charge in [-0.15, -0.1) is 0 Å². The van der Waals surface area contributed by atoms with Crippen LogP contribution in [0.15, 0.2) is 47.4 Å². The molecule has 36 heavy (non-hydrogen) atoms. The van der Waals surface area contributed by atoms with Crippen LogP contribution in [0.2, 0.25) is 0 Å². The summed E-state index contributed by atoms with van der Waals surface area (Å²) in [5.74, 6) is 0.718. The Hall–Kier alpha value is -3.31. The number of piperidine rings is 1. The molecule has 0 saturated carbocycles. The molecule has 2 aliphatic heterocycles. The number of benzene rings is 2. The Morgan fingerprint density at radius 3 is 2.44 bits per heavy atom. The van der Waals surface area contributed by atoms with Gasteiger partial charge in [-0.2, -0.15) is 4.31 Å². The Bertz CT molecular complexity index is 1190. The summed E-state index contributed by atoms with van der Waals surface area (Å²) in [5, 5.41) is 5.74. The molecule has 2 aromatic rings. The fourth-order valence-electron chi connectivity index (χ4n) is 4.36. The second-order valence-corrected chi connectivity index (χ2v) is 10.7. The summed E-state index contributed by atoms with van der Waals surface area (Å²) in [4.78, 5) is 26.2. The van der Waals surface area contributed by atoms with Crippen molar-refractivity contribution in [1.82, 2.24) is 14.9 Å². The van der Waals surface area contributed by atoms with Crippen LogP contribution < -0.4 is 24.8 Å². The first-order valence-corrected chi connectivity index (χ1v) is 13.4. The molecule has 1 unspecified atom stereocenters. The number of ether oxygens (including phenoxy) is 3. The number of hydrogen-bond acceptors (Lipinski definition) is 7. The fourth-order valence-corrected chi connectivity index (χ4v) is 5.83. The summed E-state index contributed by atoms with van der Waals surface area (Å²) in [5.41, 5.74) is 0.354. The lowest BCUT2D eigenvalue weighted by molar-refractivity contribution is -0.124. The first-order chi connectivity index (χ1) is 17.3. The number of hydrogen-bond donors (Lipinski definition) is 2. The van der Waals surface area contributed by atoms with E-state index in [2.05, 4.69) is 10.6 Å². The molecule has 0 aromatic heterocycles. The molecule has 0 spiro atoms. The Morgan fingerprint density at radius 1 is 1.08 bits per heavy atom. The van der Waals surface area contributed by atoms with Gasteiger partial charge in [0.05, 0.1) is 12.0 Å². The number of amides is 2. The Kier molecular flexibility index (Phi) is 8.00. The molecule has 0 radical (unpaired) electrons. The van der Waals surface area contributed by atoms with Gasteiger partial charge in [0.2, 0.25) is 22.7 Å². The van der Waals surface area contributed by atoms with Crippen LogP contribution in [0.4, 0.5) is 0 Å². The summed E-state index contributed by atoms with van der Waals surface area (Å²) < 4.78 is 43.4. The van der Waals surface area contributed by atoms with Gasteiger partial charge < -0.3 is 24.8 Å². The van der Waals surface area contributed by atoms with E-state index in [9.17, 15) is 18.0 Å². The normalized spacial score (nSPS) is 16.8. The highest BCUT2D eigenvalue weighted by Gasteiger charge is 2.36. The van der Waals surface area contributed by atoms with E-state index in [0.717, 1.165) is 6.42 Å². The number of methoxy groups -OCH3 is 1. The van der Waals surface area contributed by atoms with Crippen LogP contribution in [0.1, 0.15) is 36.5 Å². The second kappa shape index (κ2) is 11.2. The quantitative estimate of drug-likeness (QED) is 0.522. The zero-order chi connectivity index (χ0) is 25.7. The van der Waals surface area contributed by atoms with E-state index < -0.39 is 22.0 Å². The van der Waals surface area contributed by atoms with Gasteiger partial charge in [0.25, 0.3) is 5.91 Å². The SMILES string of the molecule is CCCNC(=O)C(NC(=O)c1ccc2c(c1)OCO2)C1CCN(S(=O)(=O)c2ccc(OC)cc2)CC1. The topological polar surface area (TPSA) is 123 Å². The lowest BCUT2D eigenvalue weighted by Crippen LogP contribution is -2.53. The molecule has 1 fully saturated rings. The molecule has 0 bridgehead atoms. The number of carbonyl (C=O) groups excluding carboxylic acids is 2. The number of nitrogens with zero attached hydrogens (tertiary/aromatic N) is 1. The molecular weight excluding hydrogens is 486 g/mol. The van der Waals surface area contributed by atoms with E-state index in [-0.39, 0.29) is 36.6 Å². The molecule has 1 saturated heterocycles. The molecule has 194 valence electrons. The maximum absolute atomic E-state index is 13.1. The highest BCUT2D eigenvalue weighted by molar-refractivity contribution is 7.89. The standard InChI is InChI=1S/C25H31N3O7S/c1-3-12-26-25(30)23(27-24(29)18-4-9-21-22(15-18)35-16-34-21)17-10-13-28(14-11-17)36(31,32)20-7-5-19(33-2)6-8-20/h4-9,15,17,23H,3,10-14,16H2,1-2H3,(H,26,30)(H,27,29). The highest BCUT2D eigenvalue weighted by Crippen LogP contribution is 2.33. The van der Waals surface area contributed by atoms with Crippen molar-refractivity contribution in [2.45, 2.75) is 37.1 Å². The lowest BCUT2D eigenvalue weighted by Gasteiger charge is -2.35. The van der Waals surface area contributed by atoms with E-state index >= 15 is 0 Å². The molecule has 1 atom stereocenters. The van der Waals surface area contributed by atoms with Crippen LogP contribution in [0, 0.1) is 5.92 Å². The fraction of sp³-hybridized carbons (Fsp3) is 0.440. The van der Waals surface area contributed by atoms with Crippen LogP contribution in [0.3, 0.4) is 0 Å². The van der Waals surface area contributed by atoms with Gasteiger partial charge in [0, 0.05) is 25.2 Å². The predicted molar refractivity (Wildman–Crippen MR) is 132 cm³/mol. The minimum Gasteiger partial charge on any atom is -0.497 e. The average Bonchev–Trinajstić information content (AvgIpc) is 3.38. The third-order valence-corrected chi connectivity index (χ3v) is 8.33. The van der Waals surface area contributed by atoms with Crippen molar-refractivity contribution >= 4 is 21.8 Å². The van der Waals surface area contributed by atoms with Gasteiger partial charge in [-0.25, -0.2) is 8.42 Å². The number of sulfonamides is 1. The third kappa shape index (κ3) is 5.57. The van der Waals surface area contributed by atoms with Crippen molar-refractivity contribution in [2.24, 2.45) is 5.92 Å². The number of rotatable bonds is 9. The molecule has 2 N–H and O–H groups in total. The summed E-state index contributed by atoms with van der Waals surface area (Å²) in [6.45, 7) is 3.02. The smallest absolute Gasteiger partial charge is 0.252 e. The zero-order valence-electron chi connectivity index (χ0n) is 20.4. The third-order valence-electron chi connectivity index (χ3n) is 6.42. The Balaban J connectivity index is 1.45. The van der Waals surface area contributed by atoms with E-state index in [1.54, 1.807) is 30.3 Å². The molecule has 10 nitrogen and oxygen atoms in total. The lowest BCUT2D eigenvalue weighted by atomic mass is 9.89. The summed E-state index contributed by atoms with van der Waals surface area (Å²) >= 11 is 0. The first kappa shape index (κ1) is 25.8. The minimum absolute atomic E-state index is 0.0977. The maximum atomic E-state index is 13.1. The van der Waals surface area contributed by atoms with Gasteiger partial charge in [0.15, 0.2) is 11.5 Å². The maximum Gasteiger partial charge on any atom is 0.252 e. The van der Waals surface area contributed by atoms with Gasteiger partial charge >= 0.3 is 0 Å². The number of nitrogens with one attached hydrogen (secondary N) is 2. The average molecular weight is 518 g/mol. The Morgan fingerprint density at radius 2 is 1.78 bits per heavy atom. The minimum atomic E-state index is -3.68. The zero-order valence-corrected chi connectivity index (χ0v) is 21.2. The number of carbonyl (C=O) groups is 2. The molecule has 2 aromatic carbocycles. The summed E-state index contributed by atoms with van der Waals surface area (Å²) in [6.07, 6.45) is 1.62. The van der Waals surface area contributed by atoms with E-state index in [0.29, 0.717) is 42.2 Å². The van der Waals surface area contributed by atoms with Crippen molar-refractivity contribution in [2.75, 3.05) is 33.5 Å². The van der Waals surface area contributed by atoms with Gasteiger partial charge in [-0.1, -0.05) is 6.92 Å². The van der Waals surface area contributed by atoms with E-state index in [1.807, 2.05) is 6.92 Å². The first-order valence-electron chi connectivity index (χ1n) is 12.0. The second-order valence-electron chi connectivity index (χ2n) is 8.73. The van der Waals surface area contributed by atoms with Crippen molar-refractivity contribution < 1.29 is 32.2 Å². The van der Waals surface area contributed by atoms with Crippen molar-refractivity contribution in [3.05, 3.63) is 48.0 Å². The molecule has 4 rings (SSSR count). The summed E-state index contributed by atoms with van der Waals surface area (Å²) in [7, 11) is -2.16. The van der Waals surface area contributed by atoms with E-state index in [4.69, 9.17) is 14.2 Å². The molecule has 2 heterocycles. The largest absolute Gasteiger partial charge is 0.497 e. The molecule has 11 heteroatoms. The molecule has 2 aliphatic rings. The van der Waals surface area contributed by atoms with Crippen molar-refractivity contribution in [3.63, 3.8) is 0 Å². The van der Waals surface area contributed by atoms with Crippen molar-refractivity contribution in [3.8, 4) is 17.2 Å². The predicted octanol–water partition coefficient (Wildman–Crippen LogP) is 2.15. The van der Waals surface area contributed by atoms with Crippen LogP contribution in [0.5, 0.6) is 17.2 Å². The van der Waals surface area contributed by atoms with Crippen molar-refractivity contribution in [1.29, 1.82) is 0 Å². The van der Waals surface area contributed by atoms with Crippen LogP contribution in [-0.4, -0.2) is 64.1 Å². The Labute approximate surface area is 211 Å². The number of fused-ring (bicyclic) bond motifs is 1. The summed E-state index contributed by atoms with van der Waals surface area (Å²) in [6, 6.07) is 10.3.